The summed E-state index contributed by atoms with van der Waals surface area (Å²) >= 11 is 0. The SMILES string of the molecule is CCN(CC)CCNCc1ccccc1OCC(C)C. The first-order valence-corrected chi connectivity index (χ1v) is 7.81. The minimum Gasteiger partial charge on any atom is -0.493 e. The number of nitrogens with one attached hydrogen (secondary N) is 1. The van der Waals surface area contributed by atoms with Gasteiger partial charge in [0.2, 0.25) is 0 Å². The van der Waals surface area contributed by atoms with Crippen molar-refractivity contribution in [3.63, 3.8) is 0 Å². The molecule has 0 saturated heterocycles. The highest BCUT2D eigenvalue weighted by atomic mass is 16.5. The second-order valence-electron chi connectivity index (χ2n) is 5.52. The molecular formula is C17H30N2O. The Morgan fingerprint density at radius 2 is 1.85 bits per heavy atom. The Morgan fingerprint density at radius 3 is 2.50 bits per heavy atom. The van der Waals surface area contributed by atoms with Gasteiger partial charge < -0.3 is 15.0 Å². The molecule has 0 aliphatic carbocycles. The van der Waals surface area contributed by atoms with Gasteiger partial charge in [-0.3, -0.25) is 0 Å². The third kappa shape index (κ3) is 6.40. The molecule has 20 heavy (non-hydrogen) atoms. The van der Waals surface area contributed by atoms with Gasteiger partial charge in [-0.15, -0.1) is 0 Å². The lowest BCUT2D eigenvalue weighted by Gasteiger charge is -2.18. The van der Waals surface area contributed by atoms with E-state index < -0.39 is 0 Å². The van der Waals surface area contributed by atoms with Crippen molar-refractivity contribution < 1.29 is 4.74 Å². The normalized spacial score (nSPS) is 11.3. The Balaban J connectivity index is 2.39. The van der Waals surface area contributed by atoms with Crippen LogP contribution in [-0.2, 0) is 6.54 Å². The van der Waals surface area contributed by atoms with Crippen molar-refractivity contribution in [3.8, 4) is 5.75 Å². The second kappa shape index (κ2) is 9.78. The molecule has 1 aromatic rings. The van der Waals surface area contributed by atoms with E-state index in [-0.39, 0.29) is 0 Å². The van der Waals surface area contributed by atoms with Crippen LogP contribution in [0.4, 0.5) is 0 Å². The molecule has 0 unspecified atom stereocenters. The predicted molar refractivity (Wildman–Crippen MR) is 86.3 cm³/mol. The molecule has 1 aromatic carbocycles. The van der Waals surface area contributed by atoms with Gasteiger partial charge in [0.05, 0.1) is 6.61 Å². The fourth-order valence-electron chi connectivity index (χ4n) is 2.05. The van der Waals surface area contributed by atoms with Gasteiger partial charge in [-0.05, 0) is 25.1 Å². The van der Waals surface area contributed by atoms with Gasteiger partial charge in [-0.2, -0.15) is 0 Å². The highest BCUT2D eigenvalue weighted by Gasteiger charge is 2.04. The lowest BCUT2D eigenvalue weighted by atomic mass is 10.2. The molecule has 0 saturated carbocycles. The van der Waals surface area contributed by atoms with Crippen molar-refractivity contribution in [2.75, 3.05) is 32.8 Å². The molecule has 0 atom stereocenters. The smallest absolute Gasteiger partial charge is 0.123 e. The summed E-state index contributed by atoms with van der Waals surface area (Å²) in [5, 5.41) is 3.51. The summed E-state index contributed by atoms with van der Waals surface area (Å²) in [5.41, 5.74) is 1.24. The van der Waals surface area contributed by atoms with Crippen molar-refractivity contribution in [2.24, 2.45) is 5.92 Å². The van der Waals surface area contributed by atoms with Crippen LogP contribution in [0.25, 0.3) is 0 Å². The predicted octanol–water partition coefficient (Wildman–Crippen LogP) is 3.15. The molecule has 0 heterocycles. The van der Waals surface area contributed by atoms with E-state index in [2.05, 4.69) is 56.1 Å². The number of benzene rings is 1. The first-order valence-electron chi connectivity index (χ1n) is 7.81. The van der Waals surface area contributed by atoms with Crippen LogP contribution in [0.2, 0.25) is 0 Å². The number of hydrogen-bond acceptors (Lipinski definition) is 3. The number of rotatable bonds is 10. The maximum atomic E-state index is 5.87. The van der Waals surface area contributed by atoms with Crippen LogP contribution in [0.5, 0.6) is 5.75 Å². The largest absolute Gasteiger partial charge is 0.493 e. The molecule has 114 valence electrons. The third-order valence-electron chi connectivity index (χ3n) is 3.36. The Hall–Kier alpha value is -1.06. The van der Waals surface area contributed by atoms with Crippen molar-refractivity contribution in [2.45, 2.75) is 34.2 Å². The maximum Gasteiger partial charge on any atom is 0.123 e. The van der Waals surface area contributed by atoms with Crippen LogP contribution in [-0.4, -0.2) is 37.7 Å². The van der Waals surface area contributed by atoms with Crippen LogP contribution in [0, 0.1) is 5.92 Å². The zero-order chi connectivity index (χ0) is 14.8. The summed E-state index contributed by atoms with van der Waals surface area (Å²) < 4.78 is 5.87. The monoisotopic (exact) mass is 278 g/mol. The molecule has 0 aliphatic rings. The topological polar surface area (TPSA) is 24.5 Å². The number of ether oxygens (including phenoxy) is 1. The number of hydrogen-bond donors (Lipinski definition) is 1. The van der Waals surface area contributed by atoms with Crippen LogP contribution in [0.1, 0.15) is 33.3 Å². The van der Waals surface area contributed by atoms with Crippen molar-refractivity contribution >= 4 is 0 Å². The Labute approximate surface area is 124 Å². The quantitative estimate of drug-likeness (QED) is 0.665. The summed E-state index contributed by atoms with van der Waals surface area (Å²) in [4.78, 5) is 2.42. The molecule has 1 rings (SSSR count). The van der Waals surface area contributed by atoms with Gasteiger partial charge in [0.25, 0.3) is 0 Å². The molecule has 0 amide bonds. The molecule has 0 spiro atoms. The van der Waals surface area contributed by atoms with Crippen molar-refractivity contribution in [1.82, 2.24) is 10.2 Å². The number of nitrogens with zero attached hydrogens (tertiary/aromatic N) is 1. The van der Waals surface area contributed by atoms with Crippen LogP contribution in [0.15, 0.2) is 24.3 Å². The summed E-state index contributed by atoms with van der Waals surface area (Å²) in [6, 6.07) is 8.31. The standard InChI is InChI=1S/C17H30N2O/c1-5-19(6-2)12-11-18-13-16-9-7-8-10-17(16)20-14-15(3)4/h7-10,15,18H,5-6,11-14H2,1-4H3. The van der Waals surface area contributed by atoms with Crippen molar-refractivity contribution in [3.05, 3.63) is 29.8 Å². The van der Waals surface area contributed by atoms with Crippen LogP contribution in [0.3, 0.4) is 0 Å². The molecule has 1 N–H and O–H groups in total. The van der Waals surface area contributed by atoms with E-state index in [4.69, 9.17) is 4.74 Å². The Kier molecular flexibility index (Phi) is 8.31. The first-order chi connectivity index (χ1) is 9.67. The summed E-state index contributed by atoms with van der Waals surface area (Å²) in [5.74, 6) is 1.57. The molecule has 0 fully saturated rings. The molecule has 3 heteroatoms. The Morgan fingerprint density at radius 1 is 1.15 bits per heavy atom. The van der Waals surface area contributed by atoms with Gasteiger partial charge in [-0.25, -0.2) is 0 Å². The van der Waals surface area contributed by atoms with Crippen LogP contribution >= 0.6 is 0 Å². The maximum absolute atomic E-state index is 5.87. The fraction of sp³-hybridized carbons (Fsp3) is 0.647. The molecule has 0 bridgehead atoms. The molecule has 0 aliphatic heterocycles. The van der Waals surface area contributed by atoms with Gasteiger partial charge in [-0.1, -0.05) is 45.9 Å². The van der Waals surface area contributed by atoms with Gasteiger partial charge in [0.15, 0.2) is 0 Å². The first kappa shape index (κ1) is 17.0. The van der Waals surface area contributed by atoms with E-state index in [9.17, 15) is 0 Å². The van der Waals surface area contributed by atoms with Gasteiger partial charge in [0, 0.05) is 25.2 Å². The van der Waals surface area contributed by atoms with E-state index >= 15 is 0 Å². The van der Waals surface area contributed by atoms with E-state index in [1.54, 1.807) is 0 Å². The number of para-hydroxylation sites is 1. The van der Waals surface area contributed by atoms with E-state index in [0.29, 0.717) is 5.92 Å². The average molecular weight is 278 g/mol. The number of likely N-dealkylation sites (N-methyl/N-ethyl adjacent to an activating group) is 1. The zero-order valence-electron chi connectivity index (χ0n) is 13.5. The van der Waals surface area contributed by atoms with E-state index in [1.165, 1.54) is 5.56 Å². The van der Waals surface area contributed by atoms with E-state index in [0.717, 1.165) is 45.1 Å². The van der Waals surface area contributed by atoms with Gasteiger partial charge in [0.1, 0.15) is 5.75 Å². The fourth-order valence-corrected chi connectivity index (χ4v) is 2.05. The molecule has 3 nitrogen and oxygen atoms in total. The minimum atomic E-state index is 0.554. The van der Waals surface area contributed by atoms with Crippen LogP contribution < -0.4 is 10.1 Å². The average Bonchev–Trinajstić information content (AvgIpc) is 2.46. The summed E-state index contributed by atoms with van der Waals surface area (Å²) in [6.45, 7) is 14.7. The Bertz CT molecular complexity index is 362. The van der Waals surface area contributed by atoms with Crippen molar-refractivity contribution in [1.29, 1.82) is 0 Å². The lowest BCUT2D eigenvalue weighted by Crippen LogP contribution is -2.31. The molecule has 0 aromatic heterocycles. The molecule has 0 radical (unpaired) electrons. The summed E-state index contributed by atoms with van der Waals surface area (Å²) in [7, 11) is 0. The molecular weight excluding hydrogens is 248 g/mol. The van der Waals surface area contributed by atoms with Gasteiger partial charge >= 0.3 is 0 Å². The lowest BCUT2D eigenvalue weighted by molar-refractivity contribution is 0.267. The zero-order valence-corrected chi connectivity index (χ0v) is 13.5. The highest BCUT2D eigenvalue weighted by molar-refractivity contribution is 5.33. The third-order valence-corrected chi connectivity index (χ3v) is 3.36. The minimum absolute atomic E-state index is 0.554. The second-order valence-corrected chi connectivity index (χ2v) is 5.52. The van der Waals surface area contributed by atoms with E-state index in [1.807, 2.05) is 6.07 Å². The highest BCUT2D eigenvalue weighted by Crippen LogP contribution is 2.18. The summed E-state index contributed by atoms with van der Waals surface area (Å²) in [6.07, 6.45) is 0.